The fourth-order valence-electron chi connectivity index (χ4n) is 3.02. The maximum Gasteiger partial charge on any atom is 0.258 e. The van der Waals surface area contributed by atoms with Gasteiger partial charge in [0.2, 0.25) is 11.7 Å². The second-order valence-corrected chi connectivity index (χ2v) is 7.39. The van der Waals surface area contributed by atoms with Crippen molar-refractivity contribution in [3.05, 3.63) is 52.9 Å². The number of halogens is 1. The standard InChI is InChI=1S/C22H24ClN3O5/c1-13(2)26(12-20-24-21(25-31-20)14-6-8-15(23)9-7-14)22(27)16-10-18(29-4)19(30-5)11-17(16)28-3/h6-11,13H,12H2,1-5H3. The number of rotatable bonds is 8. The smallest absolute Gasteiger partial charge is 0.258 e. The van der Waals surface area contributed by atoms with E-state index in [1.165, 1.54) is 21.3 Å². The highest BCUT2D eigenvalue weighted by atomic mass is 35.5. The van der Waals surface area contributed by atoms with Crippen LogP contribution < -0.4 is 14.2 Å². The number of benzene rings is 2. The summed E-state index contributed by atoms with van der Waals surface area (Å²) in [5, 5.41) is 4.63. The summed E-state index contributed by atoms with van der Waals surface area (Å²) < 4.78 is 21.4. The third-order valence-corrected chi connectivity index (χ3v) is 4.95. The Bertz CT molecular complexity index is 1050. The highest BCUT2D eigenvalue weighted by Crippen LogP contribution is 2.35. The summed E-state index contributed by atoms with van der Waals surface area (Å²) in [7, 11) is 4.52. The summed E-state index contributed by atoms with van der Waals surface area (Å²) in [6, 6.07) is 10.2. The van der Waals surface area contributed by atoms with Crippen LogP contribution >= 0.6 is 11.6 Å². The molecule has 164 valence electrons. The van der Waals surface area contributed by atoms with Crippen LogP contribution in [0.15, 0.2) is 40.9 Å². The Kier molecular flexibility index (Phi) is 7.02. The van der Waals surface area contributed by atoms with E-state index in [2.05, 4.69) is 10.1 Å². The molecule has 0 bridgehead atoms. The number of aromatic nitrogens is 2. The van der Waals surface area contributed by atoms with Crippen molar-refractivity contribution in [3.8, 4) is 28.6 Å². The molecule has 0 aliphatic rings. The highest BCUT2D eigenvalue weighted by Gasteiger charge is 2.26. The van der Waals surface area contributed by atoms with Gasteiger partial charge in [0.15, 0.2) is 11.5 Å². The summed E-state index contributed by atoms with van der Waals surface area (Å²) >= 11 is 5.93. The van der Waals surface area contributed by atoms with E-state index in [1.807, 2.05) is 13.8 Å². The van der Waals surface area contributed by atoms with Crippen molar-refractivity contribution < 1.29 is 23.5 Å². The first-order valence-corrected chi connectivity index (χ1v) is 9.95. The molecule has 0 aliphatic heterocycles. The van der Waals surface area contributed by atoms with Crippen LogP contribution in [0, 0.1) is 0 Å². The number of nitrogens with zero attached hydrogens (tertiary/aromatic N) is 3. The lowest BCUT2D eigenvalue weighted by molar-refractivity contribution is 0.0663. The van der Waals surface area contributed by atoms with Gasteiger partial charge in [-0.15, -0.1) is 0 Å². The second-order valence-electron chi connectivity index (χ2n) is 6.95. The number of hydrogen-bond acceptors (Lipinski definition) is 7. The summed E-state index contributed by atoms with van der Waals surface area (Å²) in [4.78, 5) is 19.4. The van der Waals surface area contributed by atoms with Crippen LogP contribution in [0.2, 0.25) is 5.02 Å². The van der Waals surface area contributed by atoms with E-state index in [1.54, 1.807) is 41.3 Å². The number of carbonyl (C=O) groups excluding carboxylic acids is 1. The molecular formula is C22H24ClN3O5. The lowest BCUT2D eigenvalue weighted by Crippen LogP contribution is -2.36. The summed E-state index contributed by atoms with van der Waals surface area (Å²) in [5.41, 5.74) is 1.11. The topological polar surface area (TPSA) is 86.9 Å². The van der Waals surface area contributed by atoms with E-state index in [9.17, 15) is 4.79 Å². The van der Waals surface area contributed by atoms with Gasteiger partial charge in [-0.2, -0.15) is 4.98 Å². The third kappa shape index (κ3) is 4.91. The van der Waals surface area contributed by atoms with Crippen molar-refractivity contribution in [2.24, 2.45) is 0 Å². The van der Waals surface area contributed by atoms with Crippen molar-refractivity contribution in [1.82, 2.24) is 15.0 Å². The van der Waals surface area contributed by atoms with Gasteiger partial charge in [0.25, 0.3) is 5.91 Å². The molecule has 0 unspecified atom stereocenters. The van der Waals surface area contributed by atoms with Gasteiger partial charge in [-0.1, -0.05) is 16.8 Å². The number of carbonyl (C=O) groups is 1. The molecule has 0 fully saturated rings. The Balaban J connectivity index is 1.89. The molecular weight excluding hydrogens is 422 g/mol. The van der Waals surface area contributed by atoms with Crippen LogP contribution in [0.5, 0.6) is 17.2 Å². The van der Waals surface area contributed by atoms with E-state index >= 15 is 0 Å². The van der Waals surface area contributed by atoms with Gasteiger partial charge in [0.1, 0.15) is 12.3 Å². The van der Waals surface area contributed by atoms with Crippen molar-refractivity contribution in [2.75, 3.05) is 21.3 Å². The van der Waals surface area contributed by atoms with E-state index in [0.29, 0.717) is 39.5 Å². The van der Waals surface area contributed by atoms with Crippen LogP contribution in [0.3, 0.4) is 0 Å². The molecule has 2 aromatic carbocycles. The number of hydrogen-bond donors (Lipinski definition) is 0. The van der Waals surface area contributed by atoms with Gasteiger partial charge in [-0.05, 0) is 38.1 Å². The minimum absolute atomic E-state index is 0.134. The van der Waals surface area contributed by atoms with E-state index < -0.39 is 0 Å². The first-order valence-electron chi connectivity index (χ1n) is 9.57. The molecule has 9 heteroatoms. The number of methoxy groups -OCH3 is 3. The molecule has 8 nitrogen and oxygen atoms in total. The molecule has 3 rings (SSSR count). The summed E-state index contributed by atoms with van der Waals surface area (Å²) in [6.07, 6.45) is 0. The largest absolute Gasteiger partial charge is 0.496 e. The zero-order valence-corrected chi connectivity index (χ0v) is 18.8. The fraction of sp³-hybridized carbons (Fsp3) is 0.318. The van der Waals surface area contributed by atoms with E-state index in [-0.39, 0.29) is 18.5 Å². The molecule has 0 saturated heterocycles. The molecule has 31 heavy (non-hydrogen) atoms. The first kappa shape index (κ1) is 22.4. The van der Waals surface area contributed by atoms with Gasteiger partial charge in [-0.3, -0.25) is 4.79 Å². The van der Waals surface area contributed by atoms with Crippen LogP contribution in [-0.2, 0) is 6.54 Å². The lowest BCUT2D eigenvalue weighted by Gasteiger charge is -2.26. The molecule has 3 aromatic rings. The van der Waals surface area contributed by atoms with Crippen molar-refractivity contribution in [2.45, 2.75) is 26.4 Å². The number of ether oxygens (including phenoxy) is 3. The minimum atomic E-state index is -0.265. The van der Waals surface area contributed by atoms with Gasteiger partial charge in [-0.25, -0.2) is 0 Å². The Morgan fingerprint density at radius 2 is 1.65 bits per heavy atom. The van der Waals surface area contributed by atoms with Crippen LogP contribution in [-0.4, -0.2) is 48.3 Å². The minimum Gasteiger partial charge on any atom is -0.496 e. The third-order valence-electron chi connectivity index (χ3n) is 4.70. The van der Waals surface area contributed by atoms with Gasteiger partial charge in [0, 0.05) is 28.8 Å². The summed E-state index contributed by atoms with van der Waals surface area (Å²) in [5.74, 6) is 1.74. The van der Waals surface area contributed by atoms with Gasteiger partial charge < -0.3 is 23.6 Å². The molecule has 0 N–H and O–H groups in total. The monoisotopic (exact) mass is 445 g/mol. The zero-order chi connectivity index (χ0) is 22.5. The predicted octanol–water partition coefficient (Wildman–Crippen LogP) is 4.47. The van der Waals surface area contributed by atoms with Crippen molar-refractivity contribution in [1.29, 1.82) is 0 Å². The summed E-state index contributed by atoms with van der Waals surface area (Å²) in [6.45, 7) is 3.94. The molecule has 1 aromatic heterocycles. The fourth-order valence-corrected chi connectivity index (χ4v) is 3.15. The quantitative estimate of drug-likeness (QED) is 0.505. The average Bonchev–Trinajstić information content (AvgIpc) is 3.25. The molecule has 0 aliphatic carbocycles. The molecule has 0 spiro atoms. The second kappa shape index (κ2) is 9.70. The zero-order valence-electron chi connectivity index (χ0n) is 18.0. The van der Waals surface area contributed by atoms with Gasteiger partial charge in [0.05, 0.1) is 26.9 Å². The van der Waals surface area contributed by atoms with Crippen LogP contribution in [0.25, 0.3) is 11.4 Å². The Labute approximate surface area is 185 Å². The van der Waals surface area contributed by atoms with Crippen molar-refractivity contribution in [3.63, 3.8) is 0 Å². The number of amides is 1. The predicted molar refractivity (Wildman–Crippen MR) is 116 cm³/mol. The first-order chi connectivity index (χ1) is 14.9. The SMILES string of the molecule is COc1cc(OC)c(C(=O)N(Cc2nc(-c3ccc(Cl)cc3)no2)C(C)C)cc1OC. The Morgan fingerprint density at radius 1 is 1.03 bits per heavy atom. The average molecular weight is 446 g/mol. The van der Waals surface area contributed by atoms with Crippen LogP contribution in [0.1, 0.15) is 30.1 Å². The molecule has 1 amide bonds. The van der Waals surface area contributed by atoms with Crippen LogP contribution in [0.4, 0.5) is 0 Å². The van der Waals surface area contributed by atoms with E-state index in [0.717, 1.165) is 5.56 Å². The molecule has 0 radical (unpaired) electrons. The molecule has 0 atom stereocenters. The maximum absolute atomic E-state index is 13.4. The Morgan fingerprint density at radius 3 is 2.23 bits per heavy atom. The van der Waals surface area contributed by atoms with E-state index in [4.69, 9.17) is 30.3 Å². The normalized spacial score (nSPS) is 10.8. The highest BCUT2D eigenvalue weighted by molar-refractivity contribution is 6.30. The molecule has 0 saturated carbocycles. The maximum atomic E-state index is 13.4. The molecule has 1 heterocycles. The van der Waals surface area contributed by atoms with Gasteiger partial charge >= 0.3 is 0 Å². The lowest BCUT2D eigenvalue weighted by atomic mass is 10.1. The van der Waals surface area contributed by atoms with Crippen molar-refractivity contribution >= 4 is 17.5 Å². The Hall–Kier alpha value is -3.26.